The highest BCUT2D eigenvalue weighted by Crippen LogP contribution is 2.33. The molecule has 1 aromatic carbocycles. The van der Waals surface area contributed by atoms with Gasteiger partial charge in [-0.1, -0.05) is 25.0 Å². The van der Waals surface area contributed by atoms with Gasteiger partial charge < -0.3 is 4.57 Å². The molecule has 8 heteroatoms. The smallest absolute Gasteiger partial charge is 0.240 e. The van der Waals surface area contributed by atoms with E-state index in [1.54, 1.807) is 6.20 Å². The molecule has 0 radical (unpaired) electrons. The third kappa shape index (κ3) is 3.57. The summed E-state index contributed by atoms with van der Waals surface area (Å²) in [5, 5.41) is 0. The lowest BCUT2D eigenvalue weighted by atomic mass is 10.2. The van der Waals surface area contributed by atoms with E-state index in [9.17, 15) is 13.2 Å². The number of Topliss-reactive ketones (excluding diaryl/α,β-unsaturated/α-hetero) is 1. The lowest BCUT2D eigenvalue weighted by molar-refractivity contribution is 0.101. The van der Waals surface area contributed by atoms with E-state index in [1.165, 1.54) is 31.2 Å². The minimum absolute atomic E-state index is 0.0870. The van der Waals surface area contributed by atoms with E-state index in [2.05, 4.69) is 19.3 Å². The molecule has 1 fully saturated rings. The first-order chi connectivity index (χ1) is 13.5. The number of nitrogens with one attached hydrogen (secondary N) is 1. The number of aromatic nitrogens is 3. The summed E-state index contributed by atoms with van der Waals surface area (Å²) in [5.41, 5.74) is 2.05. The average Bonchev–Trinajstić information content (AvgIpc) is 3.33. The highest BCUT2D eigenvalue weighted by Gasteiger charge is 2.24. The number of benzene rings is 1. The number of hydrogen-bond acceptors (Lipinski definition) is 5. The molecule has 0 aliphatic heterocycles. The molecule has 0 atom stereocenters. The zero-order valence-corrected chi connectivity index (χ0v) is 16.4. The lowest BCUT2D eigenvalue weighted by Gasteiger charge is -2.16. The molecule has 28 heavy (non-hydrogen) atoms. The lowest BCUT2D eigenvalue weighted by Crippen LogP contribution is -2.25. The van der Waals surface area contributed by atoms with Crippen molar-refractivity contribution in [1.29, 1.82) is 0 Å². The molecule has 0 spiro atoms. The summed E-state index contributed by atoms with van der Waals surface area (Å²) < 4.78 is 30.1. The molecule has 0 unspecified atom stereocenters. The molecule has 1 saturated carbocycles. The third-order valence-corrected chi connectivity index (χ3v) is 6.62. The number of nitrogens with zero attached hydrogens (tertiary/aromatic N) is 3. The van der Waals surface area contributed by atoms with Gasteiger partial charge in [0.2, 0.25) is 10.0 Å². The van der Waals surface area contributed by atoms with Gasteiger partial charge in [-0.25, -0.2) is 23.1 Å². The summed E-state index contributed by atoms with van der Waals surface area (Å²) in [6.45, 7) is 1.53. The van der Waals surface area contributed by atoms with Crippen molar-refractivity contribution in [3.05, 3.63) is 54.0 Å². The van der Waals surface area contributed by atoms with Crippen molar-refractivity contribution >= 4 is 27.0 Å². The van der Waals surface area contributed by atoms with Crippen molar-refractivity contribution in [2.24, 2.45) is 0 Å². The number of imidazole rings is 1. The van der Waals surface area contributed by atoms with Crippen LogP contribution in [0.3, 0.4) is 0 Å². The number of pyridine rings is 1. The maximum absolute atomic E-state index is 12.7. The number of fused-ring (bicyclic) bond motifs is 1. The van der Waals surface area contributed by atoms with Gasteiger partial charge in [-0.05, 0) is 44.0 Å². The molecule has 2 aromatic heterocycles. The van der Waals surface area contributed by atoms with E-state index >= 15 is 0 Å². The predicted molar refractivity (Wildman–Crippen MR) is 106 cm³/mol. The van der Waals surface area contributed by atoms with E-state index in [0.29, 0.717) is 17.4 Å². The van der Waals surface area contributed by atoms with Crippen LogP contribution in [-0.2, 0) is 16.6 Å². The molecule has 7 nitrogen and oxygen atoms in total. The van der Waals surface area contributed by atoms with E-state index < -0.39 is 10.0 Å². The Morgan fingerprint density at radius 2 is 1.89 bits per heavy atom. The molecule has 4 rings (SSSR count). The Bertz CT molecular complexity index is 1110. The van der Waals surface area contributed by atoms with Gasteiger partial charge in [0.05, 0.1) is 11.4 Å². The Morgan fingerprint density at radius 3 is 2.57 bits per heavy atom. The summed E-state index contributed by atoms with van der Waals surface area (Å²) in [4.78, 5) is 20.6. The Balaban J connectivity index is 1.61. The standard InChI is InChI=1S/C20H22N4O3S/c1-14(25)15-8-10-17(11-9-15)28(26,27)22-13-19-23-18-7-4-12-21-20(18)24(19)16-5-2-3-6-16/h4,7-12,16,22H,2-3,5-6,13H2,1H3. The monoisotopic (exact) mass is 398 g/mol. The van der Waals surface area contributed by atoms with Gasteiger partial charge in [-0.2, -0.15) is 0 Å². The summed E-state index contributed by atoms with van der Waals surface area (Å²) in [7, 11) is -3.71. The minimum atomic E-state index is -3.71. The van der Waals surface area contributed by atoms with Crippen molar-refractivity contribution in [3.8, 4) is 0 Å². The molecular weight excluding hydrogens is 376 g/mol. The summed E-state index contributed by atoms with van der Waals surface area (Å²) in [6, 6.07) is 9.96. The van der Waals surface area contributed by atoms with Crippen LogP contribution in [0.1, 0.15) is 54.8 Å². The van der Waals surface area contributed by atoms with Crippen LogP contribution in [0.15, 0.2) is 47.5 Å². The highest BCUT2D eigenvalue weighted by molar-refractivity contribution is 7.89. The zero-order chi connectivity index (χ0) is 19.7. The van der Waals surface area contributed by atoms with Crippen molar-refractivity contribution in [3.63, 3.8) is 0 Å². The fourth-order valence-electron chi connectivity index (χ4n) is 3.76. The van der Waals surface area contributed by atoms with Gasteiger partial charge >= 0.3 is 0 Å². The van der Waals surface area contributed by atoms with E-state index in [1.807, 2.05) is 12.1 Å². The topological polar surface area (TPSA) is 93.9 Å². The van der Waals surface area contributed by atoms with Crippen LogP contribution in [0.2, 0.25) is 0 Å². The zero-order valence-electron chi connectivity index (χ0n) is 15.6. The maximum Gasteiger partial charge on any atom is 0.240 e. The van der Waals surface area contributed by atoms with Gasteiger partial charge in [-0.15, -0.1) is 0 Å². The van der Waals surface area contributed by atoms with Gasteiger partial charge in [0.15, 0.2) is 11.4 Å². The number of rotatable bonds is 6. The molecule has 146 valence electrons. The molecule has 1 aliphatic rings. The molecule has 1 N–H and O–H groups in total. The van der Waals surface area contributed by atoms with Crippen molar-refractivity contribution in [1.82, 2.24) is 19.3 Å². The van der Waals surface area contributed by atoms with E-state index in [-0.39, 0.29) is 17.2 Å². The molecule has 0 amide bonds. The van der Waals surface area contributed by atoms with Crippen LogP contribution < -0.4 is 4.72 Å². The summed E-state index contributed by atoms with van der Waals surface area (Å²) in [6.07, 6.45) is 6.15. The second-order valence-electron chi connectivity index (χ2n) is 7.09. The first kappa shape index (κ1) is 18.8. The predicted octanol–water partition coefficient (Wildman–Crippen LogP) is 3.23. The van der Waals surface area contributed by atoms with Crippen LogP contribution in [0, 0.1) is 0 Å². The second kappa shape index (κ2) is 7.44. The number of carbonyl (C=O) groups excluding carboxylic acids is 1. The van der Waals surface area contributed by atoms with E-state index in [0.717, 1.165) is 36.8 Å². The minimum Gasteiger partial charge on any atom is -0.308 e. The Morgan fingerprint density at radius 1 is 1.18 bits per heavy atom. The Labute approximate surface area is 163 Å². The van der Waals surface area contributed by atoms with Crippen LogP contribution in [0.25, 0.3) is 11.2 Å². The van der Waals surface area contributed by atoms with Crippen molar-refractivity contribution in [2.45, 2.75) is 50.1 Å². The molecule has 0 bridgehead atoms. The summed E-state index contributed by atoms with van der Waals surface area (Å²) >= 11 is 0. The van der Waals surface area contributed by atoms with Gasteiger partial charge in [0.1, 0.15) is 11.3 Å². The Kier molecular flexibility index (Phi) is 4.99. The van der Waals surface area contributed by atoms with Gasteiger partial charge in [-0.3, -0.25) is 4.79 Å². The first-order valence-electron chi connectivity index (χ1n) is 9.38. The average molecular weight is 398 g/mol. The van der Waals surface area contributed by atoms with Crippen LogP contribution in [0.5, 0.6) is 0 Å². The fourth-order valence-corrected chi connectivity index (χ4v) is 4.74. The first-order valence-corrected chi connectivity index (χ1v) is 10.9. The second-order valence-corrected chi connectivity index (χ2v) is 8.85. The molecule has 1 aliphatic carbocycles. The fraction of sp³-hybridized carbons (Fsp3) is 0.350. The largest absolute Gasteiger partial charge is 0.308 e. The molecule has 3 aromatic rings. The van der Waals surface area contributed by atoms with Gasteiger partial charge in [0, 0.05) is 17.8 Å². The van der Waals surface area contributed by atoms with Crippen LogP contribution in [0.4, 0.5) is 0 Å². The quantitative estimate of drug-likeness (QED) is 0.644. The highest BCUT2D eigenvalue weighted by atomic mass is 32.2. The van der Waals surface area contributed by atoms with Gasteiger partial charge in [0.25, 0.3) is 0 Å². The number of sulfonamides is 1. The Hall–Kier alpha value is -2.58. The normalized spacial score (nSPS) is 15.3. The molecule has 2 heterocycles. The molecule has 0 saturated heterocycles. The van der Waals surface area contributed by atoms with E-state index in [4.69, 9.17) is 0 Å². The van der Waals surface area contributed by atoms with Crippen LogP contribution >= 0.6 is 0 Å². The SMILES string of the molecule is CC(=O)c1ccc(S(=O)(=O)NCc2nc3cccnc3n2C2CCCC2)cc1. The van der Waals surface area contributed by atoms with Crippen molar-refractivity contribution < 1.29 is 13.2 Å². The maximum atomic E-state index is 12.7. The number of hydrogen-bond donors (Lipinski definition) is 1. The number of carbonyl (C=O) groups is 1. The summed E-state index contributed by atoms with van der Waals surface area (Å²) in [5.74, 6) is 0.569. The third-order valence-electron chi connectivity index (χ3n) is 5.20. The number of ketones is 1. The van der Waals surface area contributed by atoms with Crippen molar-refractivity contribution in [2.75, 3.05) is 0 Å². The molecular formula is C20H22N4O3S. The van der Waals surface area contributed by atoms with Crippen LogP contribution in [-0.4, -0.2) is 28.7 Å².